The molecular formula is C58H47BN2O3. The summed E-state index contributed by atoms with van der Waals surface area (Å²) in [6.45, 7) is 14.0. The van der Waals surface area contributed by atoms with Crippen LogP contribution in [0.1, 0.15) is 62.8 Å². The van der Waals surface area contributed by atoms with Crippen molar-refractivity contribution in [3.8, 4) is 45.3 Å². The lowest BCUT2D eigenvalue weighted by Crippen LogP contribution is -2.61. The summed E-state index contributed by atoms with van der Waals surface area (Å²) in [6, 6.07) is 54.9. The number of anilines is 5. The Morgan fingerprint density at radius 2 is 1.19 bits per heavy atom. The zero-order chi connectivity index (χ0) is 43.2. The summed E-state index contributed by atoms with van der Waals surface area (Å²) in [5.74, 6) is 2.83. The highest BCUT2D eigenvalue weighted by Crippen LogP contribution is 2.56. The van der Waals surface area contributed by atoms with Crippen LogP contribution in [0.15, 0.2) is 156 Å². The third kappa shape index (κ3) is 5.26. The van der Waals surface area contributed by atoms with E-state index in [-0.39, 0.29) is 17.7 Å². The normalized spacial score (nSPS) is 15.9. The Morgan fingerprint density at radius 1 is 0.516 bits per heavy atom. The van der Waals surface area contributed by atoms with Crippen LogP contribution in [0, 0.1) is 13.8 Å². The minimum Gasteiger partial charge on any atom is -0.455 e. The number of rotatable bonds is 3. The van der Waals surface area contributed by atoms with E-state index in [2.05, 4.69) is 179 Å². The molecule has 8 aromatic carbocycles. The molecule has 310 valence electrons. The fourth-order valence-corrected chi connectivity index (χ4v) is 11.4. The molecule has 1 aromatic heterocycles. The van der Waals surface area contributed by atoms with E-state index >= 15 is 0 Å². The zero-order valence-electron chi connectivity index (χ0n) is 37.0. The van der Waals surface area contributed by atoms with E-state index in [0.717, 1.165) is 79.7 Å². The van der Waals surface area contributed by atoms with Gasteiger partial charge in [0.1, 0.15) is 11.2 Å². The van der Waals surface area contributed by atoms with Gasteiger partial charge in [0.2, 0.25) is 0 Å². The molecule has 64 heavy (non-hydrogen) atoms. The molecule has 3 aliphatic heterocycles. The Kier molecular flexibility index (Phi) is 7.70. The molecule has 5 nitrogen and oxygen atoms in total. The first kappa shape index (κ1) is 37.4. The molecule has 9 aromatic rings. The van der Waals surface area contributed by atoms with Gasteiger partial charge in [-0.15, -0.1) is 0 Å². The largest absolute Gasteiger partial charge is 0.455 e. The fourth-order valence-electron chi connectivity index (χ4n) is 11.4. The van der Waals surface area contributed by atoms with Gasteiger partial charge in [-0.3, -0.25) is 0 Å². The first-order valence-electron chi connectivity index (χ1n) is 22.7. The Bertz CT molecular complexity index is 3460. The predicted octanol–water partition coefficient (Wildman–Crippen LogP) is 14.8. The van der Waals surface area contributed by atoms with E-state index in [1.54, 1.807) is 0 Å². The molecule has 0 fully saturated rings. The molecule has 0 spiro atoms. The Balaban J connectivity index is 1.17. The van der Waals surface area contributed by atoms with Crippen LogP contribution >= 0.6 is 0 Å². The quantitative estimate of drug-likeness (QED) is 0.166. The van der Waals surface area contributed by atoms with Crippen LogP contribution in [-0.4, -0.2) is 6.85 Å². The number of fused-ring (bicyclic) bond motifs is 11. The van der Waals surface area contributed by atoms with Crippen LogP contribution in [0.25, 0.3) is 44.2 Å². The topological polar surface area (TPSA) is 38.1 Å². The van der Waals surface area contributed by atoms with Crippen LogP contribution in [-0.2, 0) is 10.8 Å². The third-order valence-corrected chi connectivity index (χ3v) is 14.7. The maximum atomic E-state index is 7.01. The number of benzene rings is 8. The highest BCUT2D eigenvalue weighted by Gasteiger charge is 2.48. The molecule has 1 aliphatic carbocycles. The number of furan rings is 1. The van der Waals surface area contributed by atoms with E-state index in [1.165, 1.54) is 39.0 Å². The zero-order valence-corrected chi connectivity index (χ0v) is 37.0. The number of aryl methyl sites for hydroxylation is 2. The van der Waals surface area contributed by atoms with Crippen molar-refractivity contribution in [2.24, 2.45) is 0 Å². The number of hydrogen-bond acceptors (Lipinski definition) is 5. The molecule has 0 amide bonds. The van der Waals surface area contributed by atoms with Crippen molar-refractivity contribution < 1.29 is 13.9 Å². The van der Waals surface area contributed by atoms with E-state index in [9.17, 15) is 0 Å². The van der Waals surface area contributed by atoms with Crippen molar-refractivity contribution in [3.63, 3.8) is 0 Å². The van der Waals surface area contributed by atoms with E-state index in [4.69, 9.17) is 13.9 Å². The standard InChI is InChI=1S/C58H47BN2O3/c1-34-28-40-54-45(25-24-39-38-19-11-13-21-49(38)64-56(39)54)61(44-20-12-10-18-37(44)36-16-8-7-9-17-36)59-43-32-52-53(63-51-23-15-14-22-50(51)62-52)33-47(43)60(48(29-34)55(40)59)46-31-42-41(30-35(46)2)57(3,4)26-27-58(42,5)6/h7-25,28-33H,26-27H2,1-6H3. The molecule has 0 atom stereocenters. The predicted molar refractivity (Wildman–Crippen MR) is 264 cm³/mol. The highest BCUT2D eigenvalue weighted by molar-refractivity contribution is 6.94. The molecule has 4 heterocycles. The average molecular weight is 831 g/mol. The van der Waals surface area contributed by atoms with Crippen molar-refractivity contribution in [2.45, 2.75) is 65.2 Å². The minimum atomic E-state index is -0.254. The summed E-state index contributed by atoms with van der Waals surface area (Å²) in [5, 5.41) is 2.23. The number of para-hydroxylation sites is 4. The smallest absolute Gasteiger partial charge is 0.333 e. The van der Waals surface area contributed by atoms with Crippen molar-refractivity contribution in [3.05, 3.63) is 174 Å². The number of ether oxygens (including phenoxy) is 2. The third-order valence-electron chi connectivity index (χ3n) is 14.7. The van der Waals surface area contributed by atoms with E-state index in [1.807, 2.05) is 24.3 Å². The van der Waals surface area contributed by atoms with Crippen molar-refractivity contribution in [2.75, 3.05) is 9.71 Å². The minimum absolute atomic E-state index is 0.0147. The lowest BCUT2D eigenvalue weighted by Gasteiger charge is -2.47. The SMILES string of the molecule is Cc1cc2c3c(c1)N(c1cc4c(cc1C)C(C)(C)CCC4(C)C)c1cc4c(cc1B3N(c1ccccc1-c1ccccc1)c1ccc3c(oc5ccccc53)c1-2)Oc1ccccc1O4. The molecule has 6 heteroatoms. The molecule has 0 saturated heterocycles. The fraction of sp³-hybridized carbons (Fsp3) is 0.172. The van der Waals surface area contributed by atoms with E-state index < -0.39 is 0 Å². The Labute approximate surface area is 374 Å². The molecular weight excluding hydrogens is 783 g/mol. The first-order valence-corrected chi connectivity index (χ1v) is 22.7. The van der Waals surface area contributed by atoms with Crippen LogP contribution in [0.4, 0.5) is 28.4 Å². The maximum Gasteiger partial charge on any atom is 0.333 e. The second kappa shape index (κ2) is 13.2. The van der Waals surface area contributed by atoms with Gasteiger partial charge in [0.25, 0.3) is 0 Å². The molecule has 0 bridgehead atoms. The molecule has 0 unspecified atom stereocenters. The van der Waals surface area contributed by atoms with Gasteiger partial charge < -0.3 is 23.6 Å². The van der Waals surface area contributed by atoms with Crippen LogP contribution in [0.5, 0.6) is 23.0 Å². The maximum absolute atomic E-state index is 7.01. The summed E-state index contributed by atoms with van der Waals surface area (Å²) >= 11 is 0. The van der Waals surface area contributed by atoms with Gasteiger partial charge in [0.05, 0.1) is 0 Å². The summed E-state index contributed by atoms with van der Waals surface area (Å²) in [6.07, 6.45) is 2.29. The average Bonchev–Trinajstić information content (AvgIpc) is 3.68. The molecule has 4 aliphatic rings. The number of hydrogen-bond donors (Lipinski definition) is 0. The lowest BCUT2D eigenvalue weighted by atomic mass is 9.43. The molecule has 0 saturated carbocycles. The Morgan fingerprint density at radius 3 is 1.97 bits per heavy atom. The second-order valence-electron chi connectivity index (χ2n) is 19.6. The van der Waals surface area contributed by atoms with Crippen molar-refractivity contribution >= 4 is 68.1 Å². The van der Waals surface area contributed by atoms with Gasteiger partial charge in [0.15, 0.2) is 23.0 Å². The van der Waals surface area contributed by atoms with Crippen molar-refractivity contribution in [1.29, 1.82) is 0 Å². The van der Waals surface area contributed by atoms with Gasteiger partial charge in [-0.25, -0.2) is 0 Å². The van der Waals surface area contributed by atoms with E-state index in [0.29, 0.717) is 23.0 Å². The molecule has 0 radical (unpaired) electrons. The first-order chi connectivity index (χ1) is 31.0. The second-order valence-corrected chi connectivity index (χ2v) is 19.6. The van der Waals surface area contributed by atoms with Gasteiger partial charge >= 0.3 is 6.85 Å². The van der Waals surface area contributed by atoms with Crippen LogP contribution in [0.2, 0.25) is 0 Å². The van der Waals surface area contributed by atoms with Crippen LogP contribution in [0.3, 0.4) is 0 Å². The van der Waals surface area contributed by atoms with Gasteiger partial charge in [-0.05, 0) is 136 Å². The van der Waals surface area contributed by atoms with Crippen molar-refractivity contribution in [1.82, 2.24) is 0 Å². The monoisotopic (exact) mass is 830 g/mol. The van der Waals surface area contributed by atoms with Gasteiger partial charge in [-0.1, -0.05) is 119 Å². The molecule has 0 N–H and O–H groups in total. The van der Waals surface area contributed by atoms with Gasteiger partial charge in [0, 0.05) is 56.4 Å². The number of nitrogens with zero attached hydrogens (tertiary/aromatic N) is 2. The highest BCUT2D eigenvalue weighted by atomic mass is 16.6. The summed E-state index contributed by atoms with van der Waals surface area (Å²) in [7, 11) is 0. The van der Waals surface area contributed by atoms with Gasteiger partial charge in [-0.2, -0.15) is 0 Å². The summed E-state index contributed by atoms with van der Waals surface area (Å²) < 4.78 is 20.6. The summed E-state index contributed by atoms with van der Waals surface area (Å²) in [4.78, 5) is 5.12. The van der Waals surface area contributed by atoms with Crippen LogP contribution < -0.4 is 30.1 Å². The Hall–Kier alpha value is -7.18. The lowest BCUT2D eigenvalue weighted by molar-refractivity contribution is 0.332. The molecule has 13 rings (SSSR count). The summed E-state index contributed by atoms with van der Waals surface area (Å²) in [5.41, 5.74) is 19.8.